The average molecular weight is 345 g/mol. The molecule has 0 bridgehead atoms. The lowest BCUT2D eigenvalue weighted by molar-refractivity contribution is -0.136. The summed E-state index contributed by atoms with van der Waals surface area (Å²) in [6, 6.07) is 6.36. The first-order valence-corrected chi connectivity index (χ1v) is 8.21. The van der Waals surface area contributed by atoms with Gasteiger partial charge in [-0.15, -0.1) is 0 Å². The van der Waals surface area contributed by atoms with Crippen molar-refractivity contribution in [3.8, 4) is 0 Å². The van der Waals surface area contributed by atoms with Gasteiger partial charge in [0.15, 0.2) is 0 Å². The molecule has 0 atom stereocenters. The van der Waals surface area contributed by atoms with Crippen LogP contribution in [0.1, 0.15) is 23.4 Å². The van der Waals surface area contributed by atoms with Crippen LogP contribution in [0.5, 0.6) is 0 Å². The molecule has 0 saturated heterocycles. The third-order valence-corrected chi connectivity index (χ3v) is 4.68. The smallest absolute Gasteiger partial charge is 0.357 e. The van der Waals surface area contributed by atoms with Gasteiger partial charge in [0.1, 0.15) is 0 Å². The van der Waals surface area contributed by atoms with E-state index in [9.17, 15) is 13.2 Å². The Kier molecular flexibility index (Phi) is 3.61. The zero-order valence-electron chi connectivity index (χ0n) is 14.0. The molecule has 0 aliphatic carbocycles. The summed E-state index contributed by atoms with van der Waals surface area (Å²) in [4.78, 5) is 9.96. The standard InChI is InChI=1S/C19H18F3N3/c1-11-8-15(19(20,21)22)14-6-5-12-9-16(24-17(12)18(14)23-11)13-4-3-7-25(2)10-13/h4-6,8-9,23H,3,7,10H2,1-2H3. The van der Waals surface area contributed by atoms with E-state index in [1.54, 1.807) is 13.0 Å². The number of benzene rings is 1. The van der Waals surface area contributed by atoms with Gasteiger partial charge in [-0.2, -0.15) is 13.2 Å². The first-order chi connectivity index (χ1) is 11.8. The van der Waals surface area contributed by atoms with E-state index < -0.39 is 11.7 Å². The van der Waals surface area contributed by atoms with Crippen LogP contribution in [0.25, 0.3) is 27.4 Å². The number of H-pyrrole nitrogens is 1. The van der Waals surface area contributed by atoms with Gasteiger partial charge in [0.05, 0.1) is 22.3 Å². The molecule has 1 aliphatic rings. The highest BCUT2D eigenvalue weighted by molar-refractivity contribution is 6.05. The minimum atomic E-state index is -4.39. The summed E-state index contributed by atoms with van der Waals surface area (Å²) in [5.41, 5.74) is 2.85. The lowest BCUT2D eigenvalue weighted by Crippen LogP contribution is -2.24. The molecule has 4 rings (SSSR count). The van der Waals surface area contributed by atoms with Gasteiger partial charge in [-0.1, -0.05) is 18.2 Å². The molecule has 0 radical (unpaired) electrons. The van der Waals surface area contributed by atoms with Gasteiger partial charge in [0.2, 0.25) is 0 Å². The van der Waals surface area contributed by atoms with Crippen LogP contribution < -0.4 is 0 Å². The average Bonchev–Trinajstić information content (AvgIpc) is 2.98. The molecule has 0 fully saturated rings. The Labute approximate surface area is 143 Å². The molecule has 0 spiro atoms. The van der Waals surface area contributed by atoms with Gasteiger partial charge in [0, 0.05) is 29.6 Å². The molecule has 6 heteroatoms. The Bertz CT molecular complexity index is 998. The van der Waals surface area contributed by atoms with Crippen molar-refractivity contribution in [3.05, 3.63) is 47.3 Å². The van der Waals surface area contributed by atoms with Crippen molar-refractivity contribution in [2.45, 2.75) is 19.5 Å². The van der Waals surface area contributed by atoms with Gasteiger partial charge in [0.25, 0.3) is 0 Å². The van der Waals surface area contributed by atoms with Crippen LogP contribution in [0.3, 0.4) is 0 Å². The second kappa shape index (κ2) is 5.59. The summed E-state index contributed by atoms with van der Waals surface area (Å²) in [6.07, 6.45) is -1.27. The second-order valence-corrected chi connectivity index (χ2v) is 6.69. The number of halogens is 3. The van der Waals surface area contributed by atoms with Gasteiger partial charge >= 0.3 is 6.18 Å². The molecular weight excluding hydrogens is 327 g/mol. The lowest BCUT2D eigenvalue weighted by Gasteiger charge is -2.21. The first kappa shape index (κ1) is 16.1. The molecule has 2 aromatic heterocycles. The molecule has 3 heterocycles. The van der Waals surface area contributed by atoms with Crippen LogP contribution in [0, 0.1) is 6.92 Å². The molecular formula is C19H18F3N3. The fraction of sp³-hybridized carbons (Fsp3) is 0.316. The maximum Gasteiger partial charge on any atom is 0.417 e. The van der Waals surface area contributed by atoms with E-state index in [-0.39, 0.29) is 5.39 Å². The highest BCUT2D eigenvalue weighted by Gasteiger charge is 2.33. The Balaban J connectivity index is 1.95. The zero-order valence-corrected chi connectivity index (χ0v) is 14.0. The molecule has 1 N–H and O–H groups in total. The number of aromatic nitrogens is 2. The molecule has 0 amide bonds. The molecule has 25 heavy (non-hydrogen) atoms. The SMILES string of the molecule is Cc1cc(C(F)(F)F)c2ccc3cc(C4=CCCN(C)C4)nc3c2[nH]1. The van der Waals surface area contributed by atoms with E-state index in [2.05, 4.69) is 28.0 Å². The van der Waals surface area contributed by atoms with E-state index in [1.807, 2.05) is 6.07 Å². The molecule has 1 aliphatic heterocycles. The normalized spacial score (nSPS) is 16.6. The number of rotatable bonds is 1. The number of likely N-dealkylation sites (N-methyl/N-ethyl adjacent to an activating group) is 1. The van der Waals surface area contributed by atoms with Crippen LogP contribution in [0.4, 0.5) is 13.2 Å². The monoisotopic (exact) mass is 345 g/mol. The highest BCUT2D eigenvalue weighted by atomic mass is 19.4. The number of aromatic amines is 1. The van der Waals surface area contributed by atoms with Crippen LogP contribution in [0.15, 0.2) is 30.3 Å². The Morgan fingerprint density at radius 1 is 1.20 bits per heavy atom. The Morgan fingerprint density at radius 3 is 2.72 bits per heavy atom. The van der Waals surface area contributed by atoms with Gasteiger partial charge in [-0.05, 0) is 38.1 Å². The van der Waals surface area contributed by atoms with Crippen LogP contribution in [-0.4, -0.2) is 35.0 Å². The van der Waals surface area contributed by atoms with Crippen molar-refractivity contribution < 1.29 is 13.2 Å². The largest absolute Gasteiger partial charge is 0.417 e. The van der Waals surface area contributed by atoms with Crippen LogP contribution in [0.2, 0.25) is 0 Å². The number of nitrogens with zero attached hydrogens (tertiary/aromatic N) is 2. The summed E-state index contributed by atoms with van der Waals surface area (Å²) < 4.78 is 40.2. The van der Waals surface area contributed by atoms with E-state index in [0.717, 1.165) is 42.2 Å². The first-order valence-electron chi connectivity index (χ1n) is 8.21. The minimum Gasteiger partial charge on any atom is -0.357 e. The van der Waals surface area contributed by atoms with Crippen molar-refractivity contribution >= 4 is 27.4 Å². The molecule has 130 valence electrons. The summed E-state index contributed by atoms with van der Waals surface area (Å²) in [5.74, 6) is 0. The van der Waals surface area contributed by atoms with E-state index in [4.69, 9.17) is 0 Å². The number of aryl methyl sites for hydroxylation is 1. The number of nitrogens with one attached hydrogen (secondary N) is 1. The predicted octanol–water partition coefficient (Wildman–Crippen LogP) is 4.76. The van der Waals surface area contributed by atoms with E-state index in [0.29, 0.717) is 16.7 Å². The number of hydrogen-bond acceptors (Lipinski definition) is 2. The maximum atomic E-state index is 13.4. The van der Waals surface area contributed by atoms with Crippen molar-refractivity contribution in [3.63, 3.8) is 0 Å². The third-order valence-electron chi connectivity index (χ3n) is 4.68. The second-order valence-electron chi connectivity index (χ2n) is 6.69. The quantitative estimate of drug-likeness (QED) is 0.689. The number of pyridine rings is 1. The topological polar surface area (TPSA) is 31.9 Å². The Morgan fingerprint density at radius 2 is 2.00 bits per heavy atom. The van der Waals surface area contributed by atoms with Crippen molar-refractivity contribution in [2.75, 3.05) is 20.1 Å². The number of hydrogen-bond donors (Lipinski definition) is 1. The fourth-order valence-electron chi connectivity index (χ4n) is 3.50. The van der Waals surface area contributed by atoms with Gasteiger partial charge in [-0.25, -0.2) is 4.98 Å². The van der Waals surface area contributed by atoms with Crippen molar-refractivity contribution in [2.24, 2.45) is 0 Å². The lowest BCUT2D eigenvalue weighted by atomic mass is 10.0. The van der Waals surface area contributed by atoms with E-state index >= 15 is 0 Å². The predicted molar refractivity (Wildman–Crippen MR) is 93.4 cm³/mol. The summed E-state index contributed by atoms with van der Waals surface area (Å²) >= 11 is 0. The summed E-state index contributed by atoms with van der Waals surface area (Å²) in [6.45, 7) is 3.45. The summed E-state index contributed by atoms with van der Waals surface area (Å²) in [7, 11) is 2.05. The fourth-order valence-corrected chi connectivity index (χ4v) is 3.50. The van der Waals surface area contributed by atoms with Crippen LogP contribution >= 0.6 is 0 Å². The van der Waals surface area contributed by atoms with Gasteiger partial charge in [-0.3, -0.25) is 0 Å². The molecule has 1 aromatic carbocycles. The van der Waals surface area contributed by atoms with Crippen molar-refractivity contribution in [1.29, 1.82) is 0 Å². The third kappa shape index (κ3) is 2.80. The van der Waals surface area contributed by atoms with Crippen LogP contribution in [-0.2, 0) is 6.18 Å². The van der Waals surface area contributed by atoms with E-state index in [1.165, 1.54) is 6.07 Å². The minimum absolute atomic E-state index is 0.157. The maximum absolute atomic E-state index is 13.4. The molecule has 0 unspecified atom stereocenters. The number of alkyl halides is 3. The molecule has 0 saturated carbocycles. The summed E-state index contributed by atoms with van der Waals surface area (Å²) in [5, 5.41) is 1.01. The van der Waals surface area contributed by atoms with Gasteiger partial charge < -0.3 is 9.88 Å². The Hall–Kier alpha value is -2.34. The number of fused-ring (bicyclic) bond motifs is 3. The molecule has 3 aromatic rings. The zero-order chi connectivity index (χ0) is 17.8. The van der Waals surface area contributed by atoms with Crippen molar-refractivity contribution in [1.82, 2.24) is 14.9 Å². The highest BCUT2D eigenvalue weighted by Crippen LogP contribution is 2.37. The molecule has 3 nitrogen and oxygen atoms in total.